The molecule has 3 rings (SSSR count). The first-order valence-corrected chi connectivity index (χ1v) is 12.6. The van der Waals surface area contributed by atoms with Crippen LogP contribution < -0.4 is 10.6 Å². The number of nitrogens with one attached hydrogen (secondary N) is 2. The highest BCUT2D eigenvalue weighted by Gasteiger charge is 2.43. The van der Waals surface area contributed by atoms with Crippen LogP contribution in [0, 0.1) is 15.9 Å². The van der Waals surface area contributed by atoms with Crippen LogP contribution >= 0.6 is 11.6 Å². The Morgan fingerprint density at radius 3 is 2.56 bits per heavy atom. The van der Waals surface area contributed by atoms with Gasteiger partial charge in [-0.1, -0.05) is 23.7 Å². The molecule has 0 bridgehead atoms. The number of hydrogen-bond donors (Lipinski definition) is 2. The predicted molar refractivity (Wildman–Crippen MR) is 133 cm³/mol. The van der Waals surface area contributed by atoms with E-state index in [1.165, 1.54) is 50.4 Å². The van der Waals surface area contributed by atoms with Crippen molar-refractivity contribution in [3.63, 3.8) is 0 Å². The van der Waals surface area contributed by atoms with Crippen molar-refractivity contribution in [2.75, 3.05) is 18.1 Å². The largest absolute Gasteiger partial charge is 0.444 e. The van der Waals surface area contributed by atoms with Gasteiger partial charge in [0.05, 0.1) is 16.4 Å². The molecule has 1 heterocycles. The number of carbonyl (C=O) groups excluding carboxylic acids is 1. The van der Waals surface area contributed by atoms with E-state index in [1.54, 1.807) is 20.8 Å². The van der Waals surface area contributed by atoms with Crippen LogP contribution in [0.2, 0.25) is 5.02 Å². The molecule has 0 radical (unpaired) electrons. The molecule has 0 spiro atoms. The van der Waals surface area contributed by atoms with Crippen LogP contribution in [-0.4, -0.2) is 48.1 Å². The normalized spacial score (nSPS) is 19.3. The number of sulfonamides is 1. The van der Waals surface area contributed by atoms with E-state index in [1.807, 2.05) is 0 Å². The lowest BCUT2D eigenvalue weighted by Gasteiger charge is -2.36. The molecule has 0 saturated heterocycles. The molecule has 0 fully saturated rings. The van der Waals surface area contributed by atoms with Crippen molar-refractivity contribution in [2.24, 2.45) is 4.99 Å². The number of rotatable bonds is 4. The summed E-state index contributed by atoms with van der Waals surface area (Å²) in [7, 11) is -2.82. The third kappa shape index (κ3) is 5.85. The van der Waals surface area contributed by atoms with Crippen LogP contribution in [0.4, 0.5) is 26.2 Å². The van der Waals surface area contributed by atoms with E-state index in [9.17, 15) is 23.3 Å². The van der Waals surface area contributed by atoms with E-state index in [-0.39, 0.29) is 33.6 Å². The van der Waals surface area contributed by atoms with E-state index in [4.69, 9.17) is 16.3 Å². The number of amides is 1. The number of alkyl carbamates (subject to hydrolysis) is 1. The number of benzene rings is 2. The van der Waals surface area contributed by atoms with Crippen LogP contribution in [0.25, 0.3) is 0 Å². The van der Waals surface area contributed by atoms with Crippen molar-refractivity contribution >= 4 is 50.7 Å². The molecule has 1 amide bonds. The second-order valence-electron chi connectivity index (χ2n) is 9.27. The number of aliphatic imine (C=N–C) groups is 1. The Bertz CT molecular complexity index is 1360. The molecule has 1 aliphatic rings. The van der Waals surface area contributed by atoms with E-state index in [2.05, 4.69) is 15.6 Å². The van der Waals surface area contributed by atoms with Crippen LogP contribution in [0.1, 0.15) is 33.3 Å². The second kappa shape index (κ2) is 9.54. The van der Waals surface area contributed by atoms with Gasteiger partial charge in [0.2, 0.25) is 16.0 Å². The van der Waals surface area contributed by atoms with E-state index < -0.39 is 43.7 Å². The van der Waals surface area contributed by atoms with Gasteiger partial charge in [0.15, 0.2) is 5.82 Å². The average molecular weight is 542 g/mol. The molecule has 11 nitrogen and oxygen atoms in total. The lowest BCUT2D eigenvalue weighted by Crippen LogP contribution is -2.54. The highest BCUT2D eigenvalue weighted by atomic mass is 35.5. The fourth-order valence-corrected chi connectivity index (χ4v) is 5.16. The number of ether oxygens (including phenoxy) is 1. The highest BCUT2D eigenvalue weighted by molar-refractivity contribution is 7.89. The number of anilines is 2. The zero-order chi connectivity index (χ0) is 27.1. The van der Waals surface area contributed by atoms with Gasteiger partial charge in [-0.25, -0.2) is 26.9 Å². The summed E-state index contributed by atoms with van der Waals surface area (Å²) in [6.07, 6.45) is -0.934. The molecule has 36 heavy (non-hydrogen) atoms. The Labute approximate surface area is 212 Å². The maximum Gasteiger partial charge on any atom is 0.414 e. The fourth-order valence-electron chi connectivity index (χ4n) is 3.52. The van der Waals surface area contributed by atoms with E-state index in [0.717, 1.165) is 4.31 Å². The zero-order valence-electron chi connectivity index (χ0n) is 20.1. The number of halogens is 2. The van der Waals surface area contributed by atoms with Crippen LogP contribution in [0.15, 0.2) is 41.4 Å². The molecule has 0 unspecified atom stereocenters. The smallest absolute Gasteiger partial charge is 0.414 e. The van der Waals surface area contributed by atoms with Crippen LogP contribution in [0.5, 0.6) is 0 Å². The summed E-state index contributed by atoms with van der Waals surface area (Å²) in [6.45, 7) is 6.31. The summed E-state index contributed by atoms with van der Waals surface area (Å²) < 4.78 is 47.5. The molecular weight excluding hydrogens is 517 g/mol. The number of hydrogen-bond acceptors (Lipinski definition) is 8. The first kappa shape index (κ1) is 27.1. The molecule has 0 aliphatic carbocycles. The fraction of sp³-hybridized carbons (Fsp3) is 0.364. The molecule has 0 aromatic heterocycles. The standard InChI is InChI=1S/C22H25ClFN5O6S/c1-21(2,3)35-20(30)26-19-27-22(4,12-36(33,34)28(19)5)14-7-6-8-15(18(14)24)25-16-11-13(23)9-10-17(16)29(31)32/h6-11,25H,12H2,1-5H3,(H,26,27,30)/t22-/m0/s1. The SMILES string of the molecule is CN1C(NC(=O)OC(C)(C)C)=N[C@](C)(c2cccc(Nc3cc(Cl)ccc3[N+](=O)[O-])c2F)CS1(=O)=O. The maximum absolute atomic E-state index is 15.7. The summed E-state index contributed by atoms with van der Waals surface area (Å²) in [6, 6.07) is 7.91. The second-order valence-corrected chi connectivity index (χ2v) is 11.7. The third-order valence-electron chi connectivity index (χ3n) is 5.15. The van der Waals surface area contributed by atoms with Crippen molar-refractivity contribution in [3.05, 3.63) is 62.9 Å². The van der Waals surface area contributed by atoms with Gasteiger partial charge in [-0.2, -0.15) is 0 Å². The predicted octanol–water partition coefficient (Wildman–Crippen LogP) is 4.50. The van der Waals surface area contributed by atoms with Crippen LogP contribution in [-0.2, 0) is 20.3 Å². The lowest BCUT2D eigenvalue weighted by atomic mass is 9.93. The molecular formula is C22H25ClFN5O6S. The van der Waals surface area contributed by atoms with Crippen molar-refractivity contribution in [3.8, 4) is 0 Å². The van der Waals surface area contributed by atoms with Crippen molar-refractivity contribution in [1.82, 2.24) is 9.62 Å². The highest BCUT2D eigenvalue weighted by Crippen LogP contribution is 2.38. The van der Waals surface area contributed by atoms with Crippen molar-refractivity contribution in [2.45, 2.75) is 38.8 Å². The molecule has 2 N–H and O–H groups in total. The summed E-state index contributed by atoms with van der Waals surface area (Å²) >= 11 is 5.96. The average Bonchev–Trinajstić information content (AvgIpc) is 2.71. The number of guanidine groups is 1. The molecule has 194 valence electrons. The monoisotopic (exact) mass is 541 g/mol. The lowest BCUT2D eigenvalue weighted by molar-refractivity contribution is -0.383. The minimum absolute atomic E-state index is 0.0551. The summed E-state index contributed by atoms with van der Waals surface area (Å²) in [5.74, 6) is -1.83. The quantitative estimate of drug-likeness (QED) is 0.428. The summed E-state index contributed by atoms with van der Waals surface area (Å²) in [4.78, 5) is 27.4. The summed E-state index contributed by atoms with van der Waals surface area (Å²) in [5, 5.41) is 16.5. The van der Waals surface area contributed by atoms with Gasteiger partial charge in [0.1, 0.15) is 16.8 Å². The van der Waals surface area contributed by atoms with Gasteiger partial charge in [0, 0.05) is 23.7 Å². The molecule has 0 saturated carbocycles. The maximum atomic E-state index is 15.7. The zero-order valence-corrected chi connectivity index (χ0v) is 21.7. The molecule has 1 atom stereocenters. The Kier molecular flexibility index (Phi) is 7.19. The number of carbonyl (C=O) groups is 1. The molecule has 2 aromatic rings. The third-order valence-corrected chi connectivity index (χ3v) is 7.32. The van der Waals surface area contributed by atoms with E-state index >= 15 is 4.39 Å². The minimum atomic E-state index is -4.03. The Morgan fingerprint density at radius 1 is 1.28 bits per heavy atom. The van der Waals surface area contributed by atoms with Gasteiger partial charge >= 0.3 is 6.09 Å². The molecule has 1 aliphatic heterocycles. The minimum Gasteiger partial charge on any atom is -0.444 e. The Morgan fingerprint density at radius 2 is 1.94 bits per heavy atom. The molecule has 14 heteroatoms. The van der Waals surface area contributed by atoms with Gasteiger partial charge < -0.3 is 10.1 Å². The van der Waals surface area contributed by atoms with Gasteiger partial charge in [-0.3, -0.25) is 15.4 Å². The van der Waals surface area contributed by atoms with Gasteiger partial charge in [-0.05, 0) is 45.9 Å². The first-order chi connectivity index (χ1) is 16.5. The number of nitro groups is 1. The first-order valence-electron chi connectivity index (χ1n) is 10.6. The van der Waals surface area contributed by atoms with E-state index in [0.29, 0.717) is 0 Å². The van der Waals surface area contributed by atoms with Gasteiger partial charge in [0.25, 0.3) is 5.69 Å². The Balaban J connectivity index is 2.05. The molecule has 2 aromatic carbocycles. The van der Waals surface area contributed by atoms with Crippen molar-refractivity contribution < 1.29 is 27.3 Å². The van der Waals surface area contributed by atoms with Crippen LogP contribution in [0.3, 0.4) is 0 Å². The Hall–Kier alpha value is -3.45. The number of nitrogens with zero attached hydrogens (tertiary/aromatic N) is 3. The topological polar surface area (TPSA) is 143 Å². The van der Waals surface area contributed by atoms with Crippen molar-refractivity contribution in [1.29, 1.82) is 0 Å². The van der Waals surface area contributed by atoms with Gasteiger partial charge in [-0.15, -0.1) is 0 Å². The number of nitro benzene ring substituents is 1. The summed E-state index contributed by atoms with van der Waals surface area (Å²) in [5.41, 5.74) is -3.17.